The first-order chi connectivity index (χ1) is 9.76. The molecule has 0 fully saturated rings. The molecular weight excluding hydrogens is 269 g/mol. The van der Waals surface area contributed by atoms with Gasteiger partial charge in [0, 0.05) is 16.7 Å². The molecule has 1 rings (SSSR count). The van der Waals surface area contributed by atoms with Crippen LogP contribution in [0.1, 0.15) is 39.0 Å². The van der Waals surface area contributed by atoms with Gasteiger partial charge >= 0.3 is 0 Å². The van der Waals surface area contributed by atoms with Crippen LogP contribution in [0.4, 0.5) is 4.39 Å². The summed E-state index contributed by atoms with van der Waals surface area (Å²) in [5.41, 5.74) is 0. The number of allylic oxidation sites excluding steroid dienone is 1. The summed E-state index contributed by atoms with van der Waals surface area (Å²) in [6, 6.07) is 7.36. The molecule has 0 aliphatic carbocycles. The van der Waals surface area contributed by atoms with Gasteiger partial charge in [0.2, 0.25) is 0 Å². The minimum absolute atomic E-state index is 0.153. The van der Waals surface area contributed by atoms with Gasteiger partial charge in [-0.2, -0.15) is 0 Å². The smallest absolute Gasteiger partial charge is 0.124 e. The minimum atomic E-state index is -0.153. The summed E-state index contributed by atoms with van der Waals surface area (Å²) in [4.78, 5) is 1.01. The van der Waals surface area contributed by atoms with E-state index in [9.17, 15) is 4.39 Å². The van der Waals surface area contributed by atoms with Crippen LogP contribution in [0, 0.1) is 5.82 Å². The predicted octanol–water partition coefficient (Wildman–Crippen LogP) is 5.03. The van der Waals surface area contributed by atoms with Crippen molar-refractivity contribution in [1.29, 1.82) is 0 Å². The van der Waals surface area contributed by atoms with E-state index in [0.717, 1.165) is 23.6 Å². The molecule has 3 heteroatoms. The molecule has 1 aromatic carbocycles. The van der Waals surface area contributed by atoms with Crippen molar-refractivity contribution < 1.29 is 4.39 Å². The van der Waals surface area contributed by atoms with Crippen LogP contribution in [0.25, 0.3) is 0 Å². The van der Waals surface area contributed by atoms with Crippen molar-refractivity contribution in [2.45, 2.75) is 50.0 Å². The first kappa shape index (κ1) is 17.3. The molecule has 0 aromatic heterocycles. The van der Waals surface area contributed by atoms with E-state index < -0.39 is 0 Å². The third-order valence-corrected chi connectivity index (χ3v) is 4.36. The van der Waals surface area contributed by atoms with Gasteiger partial charge in [-0.25, -0.2) is 4.39 Å². The Hall–Kier alpha value is -0.800. The minimum Gasteiger partial charge on any atom is -0.313 e. The van der Waals surface area contributed by atoms with Gasteiger partial charge in [-0.15, -0.1) is 18.3 Å². The van der Waals surface area contributed by atoms with E-state index in [0.29, 0.717) is 6.04 Å². The fourth-order valence-corrected chi connectivity index (χ4v) is 3.19. The molecule has 0 saturated heterocycles. The van der Waals surface area contributed by atoms with Gasteiger partial charge in [-0.1, -0.05) is 31.9 Å². The number of benzene rings is 1. The third kappa shape index (κ3) is 7.71. The quantitative estimate of drug-likeness (QED) is 0.349. The molecule has 1 N–H and O–H groups in total. The normalized spacial score (nSPS) is 12.3. The maximum absolute atomic E-state index is 13.1. The van der Waals surface area contributed by atoms with Gasteiger partial charge in [0.15, 0.2) is 0 Å². The zero-order valence-corrected chi connectivity index (χ0v) is 13.2. The highest BCUT2D eigenvalue weighted by atomic mass is 32.2. The van der Waals surface area contributed by atoms with Gasteiger partial charge in [0.1, 0.15) is 5.82 Å². The van der Waals surface area contributed by atoms with E-state index in [-0.39, 0.29) is 5.82 Å². The monoisotopic (exact) mass is 295 g/mol. The molecule has 0 radical (unpaired) electrons. The molecule has 112 valence electrons. The molecule has 0 aliphatic heterocycles. The van der Waals surface area contributed by atoms with Crippen LogP contribution in [0.2, 0.25) is 0 Å². The number of thioether (sulfide) groups is 1. The van der Waals surface area contributed by atoms with Crippen molar-refractivity contribution in [2.75, 3.05) is 12.3 Å². The van der Waals surface area contributed by atoms with Crippen LogP contribution < -0.4 is 5.32 Å². The second-order valence-corrected chi connectivity index (χ2v) is 6.04. The molecular formula is C17H26FNS. The van der Waals surface area contributed by atoms with E-state index in [4.69, 9.17) is 0 Å². The average molecular weight is 295 g/mol. The van der Waals surface area contributed by atoms with E-state index in [1.54, 1.807) is 23.9 Å². The summed E-state index contributed by atoms with van der Waals surface area (Å²) in [7, 11) is 0. The SMILES string of the molecule is C=CCCCCCC(CSc1cccc(F)c1)NCC. The molecule has 0 heterocycles. The molecule has 0 amide bonds. The lowest BCUT2D eigenvalue weighted by molar-refractivity contribution is 0.502. The largest absolute Gasteiger partial charge is 0.313 e. The predicted molar refractivity (Wildman–Crippen MR) is 87.9 cm³/mol. The fourth-order valence-electron chi connectivity index (χ4n) is 2.14. The molecule has 1 unspecified atom stereocenters. The molecule has 0 bridgehead atoms. The summed E-state index contributed by atoms with van der Waals surface area (Å²) in [6.45, 7) is 6.87. The maximum atomic E-state index is 13.1. The second kappa shape index (κ2) is 10.9. The number of rotatable bonds is 11. The summed E-state index contributed by atoms with van der Waals surface area (Å²) in [6.07, 6.45) is 8.03. The summed E-state index contributed by atoms with van der Waals surface area (Å²) in [5, 5.41) is 3.52. The van der Waals surface area contributed by atoms with E-state index in [2.05, 4.69) is 18.8 Å². The summed E-state index contributed by atoms with van der Waals surface area (Å²) < 4.78 is 13.1. The van der Waals surface area contributed by atoms with E-state index >= 15 is 0 Å². The Morgan fingerprint density at radius 1 is 1.35 bits per heavy atom. The van der Waals surface area contributed by atoms with Gasteiger partial charge in [0.05, 0.1) is 0 Å². The van der Waals surface area contributed by atoms with Crippen LogP contribution in [-0.4, -0.2) is 18.3 Å². The van der Waals surface area contributed by atoms with Gasteiger partial charge in [-0.05, 0) is 44.0 Å². The zero-order valence-electron chi connectivity index (χ0n) is 12.4. The highest BCUT2D eigenvalue weighted by Gasteiger charge is 2.08. The number of nitrogens with one attached hydrogen (secondary N) is 1. The van der Waals surface area contributed by atoms with Crippen molar-refractivity contribution in [2.24, 2.45) is 0 Å². The number of unbranched alkanes of at least 4 members (excludes halogenated alkanes) is 3. The standard InChI is InChI=1S/C17H26FNS/c1-3-5-6-7-8-11-16(19-4-2)14-20-17-12-9-10-15(18)13-17/h3,9-10,12-13,16,19H,1,4-8,11,14H2,2H3. The van der Waals surface area contributed by atoms with Crippen molar-refractivity contribution in [3.05, 3.63) is 42.7 Å². The first-order valence-electron chi connectivity index (χ1n) is 7.49. The van der Waals surface area contributed by atoms with Gasteiger partial charge in [0.25, 0.3) is 0 Å². The lowest BCUT2D eigenvalue weighted by atomic mass is 10.1. The Morgan fingerprint density at radius 3 is 2.90 bits per heavy atom. The summed E-state index contributed by atoms with van der Waals surface area (Å²) >= 11 is 1.73. The fraction of sp³-hybridized carbons (Fsp3) is 0.529. The van der Waals surface area contributed by atoms with Gasteiger partial charge in [-0.3, -0.25) is 0 Å². The molecule has 1 atom stereocenters. The summed E-state index contributed by atoms with van der Waals surface area (Å²) in [5.74, 6) is 0.845. The molecule has 0 saturated carbocycles. The Balaban J connectivity index is 2.29. The van der Waals surface area contributed by atoms with Crippen LogP contribution in [0.15, 0.2) is 41.8 Å². The Morgan fingerprint density at radius 2 is 2.20 bits per heavy atom. The highest BCUT2D eigenvalue weighted by Crippen LogP contribution is 2.21. The number of hydrogen-bond donors (Lipinski definition) is 1. The Kier molecular flexibility index (Phi) is 9.42. The van der Waals surface area contributed by atoms with E-state index in [1.165, 1.54) is 31.7 Å². The molecule has 1 aromatic rings. The van der Waals surface area contributed by atoms with Crippen molar-refractivity contribution in [3.8, 4) is 0 Å². The second-order valence-electron chi connectivity index (χ2n) is 4.95. The van der Waals surface area contributed by atoms with Crippen LogP contribution in [0.5, 0.6) is 0 Å². The first-order valence-corrected chi connectivity index (χ1v) is 8.47. The third-order valence-electron chi connectivity index (χ3n) is 3.20. The molecule has 20 heavy (non-hydrogen) atoms. The van der Waals surface area contributed by atoms with Crippen LogP contribution in [-0.2, 0) is 0 Å². The lowest BCUT2D eigenvalue weighted by Crippen LogP contribution is -2.31. The van der Waals surface area contributed by atoms with Crippen molar-refractivity contribution in [3.63, 3.8) is 0 Å². The maximum Gasteiger partial charge on any atom is 0.124 e. The van der Waals surface area contributed by atoms with E-state index in [1.807, 2.05) is 12.1 Å². The Bertz CT molecular complexity index is 381. The number of hydrogen-bond acceptors (Lipinski definition) is 2. The average Bonchev–Trinajstić information content (AvgIpc) is 2.44. The highest BCUT2D eigenvalue weighted by molar-refractivity contribution is 7.99. The van der Waals surface area contributed by atoms with Crippen LogP contribution in [0.3, 0.4) is 0 Å². The Labute approximate surface area is 127 Å². The molecule has 1 nitrogen and oxygen atoms in total. The van der Waals surface area contributed by atoms with Crippen molar-refractivity contribution >= 4 is 11.8 Å². The van der Waals surface area contributed by atoms with Gasteiger partial charge < -0.3 is 5.32 Å². The zero-order chi connectivity index (χ0) is 14.6. The topological polar surface area (TPSA) is 12.0 Å². The molecule has 0 aliphatic rings. The lowest BCUT2D eigenvalue weighted by Gasteiger charge is -2.17. The van der Waals surface area contributed by atoms with Crippen molar-refractivity contribution in [1.82, 2.24) is 5.32 Å². The molecule has 0 spiro atoms. The number of halogens is 1. The van der Waals surface area contributed by atoms with Crippen LogP contribution >= 0.6 is 11.8 Å².